The van der Waals surface area contributed by atoms with E-state index in [2.05, 4.69) is 30.1 Å². The van der Waals surface area contributed by atoms with Gasteiger partial charge in [-0.05, 0) is 31.0 Å². The minimum Gasteiger partial charge on any atom is -0.253 e. The fraction of sp³-hybridized carbons (Fsp3) is 0.133. The van der Waals surface area contributed by atoms with Crippen LogP contribution in [0.1, 0.15) is 18.1 Å². The summed E-state index contributed by atoms with van der Waals surface area (Å²) in [5.74, 6) is 0. The Labute approximate surface area is 96.5 Å². The van der Waals surface area contributed by atoms with Gasteiger partial charge in [-0.25, -0.2) is 0 Å². The Hall–Kier alpha value is -1.89. The van der Waals surface area contributed by atoms with Crippen molar-refractivity contribution >= 4 is 11.4 Å². The van der Waals surface area contributed by atoms with Crippen LogP contribution >= 0.6 is 0 Å². The second kappa shape index (κ2) is 4.75. The molecular formula is C15H15N. The predicted octanol–water partition coefficient (Wildman–Crippen LogP) is 4.14. The van der Waals surface area contributed by atoms with Crippen LogP contribution < -0.4 is 0 Å². The molecule has 0 fully saturated rings. The molecule has 0 heterocycles. The standard InChI is InChI=1S/C15H15N/c1-12-8-6-7-11-15(12)16-13(2)14-9-4-3-5-10-14/h3-11H,1-2H3. The van der Waals surface area contributed by atoms with Crippen LogP contribution in [0, 0.1) is 6.92 Å². The Morgan fingerprint density at radius 1 is 0.875 bits per heavy atom. The fourth-order valence-electron chi connectivity index (χ4n) is 1.61. The lowest BCUT2D eigenvalue weighted by atomic mass is 10.1. The van der Waals surface area contributed by atoms with Gasteiger partial charge in [-0.3, -0.25) is 4.99 Å². The molecule has 0 bridgehead atoms. The molecule has 2 rings (SSSR count). The minimum atomic E-state index is 1.05. The Kier molecular flexibility index (Phi) is 3.16. The minimum absolute atomic E-state index is 1.05. The van der Waals surface area contributed by atoms with E-state index in [0.29, 0.717) is 0 Å². The first-order valence-corrected chi connectivity index (χ1v) is 5.44. The van der Waals surface area contributed by atoms with E-state index in [1.807, 2.05) is 43.3 Å². The molecule has 0 radical (unpaired) electrons. The van der Waals surface area contributed by atoms with Crippen molar-refractivity contribution in [2.75, 3.05) is 0 Å². The van der Waals surface area contributed by atoms with E-state index < -0.39 is 0 Å². The molecule has 0 spiro atoms. The maximum Gasteiger partial charge on any atom is 0.0662 e. The molecular weight excluding hydrogens is 194 g/mol. The summed E-state index contributed by atoms with van der Waals surface area (Å²) in [6.07, 6.45) is 0. The molecule has 2 aromatic carbocycles. The van der Waals surface area contributed by atoms with E-state index in [1.54, 1.807) is 0 Å². The topological polar surface area (TPSA) is 12.4 Å². The lowest BCUT2D eigenvalue weighted by molar-refractivity contribution is 1.38. The summed E-state index contributed by atoms with van der Waals surface area (Å²) in [7, 11) is 0. The highest BCUT2D eigenvalue weighted by atomic mass is 14.7. The van der Waals surface area contributed by atoms with E-state index in [1.165, 1.54) is 11.1 Å². The maximum absolute atomic E-state index is 4.65. The summed E-state index contributed by atoms with van der Waals surface area (Å²) in [6, 6.07) is 18.4. The molecule has 1 nitrogen and oxygen atoms in total. The lowest BCUT2D eigenvalue weighted by Gasteiger charge is -2.03. The van der Waals surface area contributed by atoms with Crippen LogP contribution in [-0.2, 0) is 0 Å². The highest BCUT2D eigenvalue weighted by molar-refractivity contribution is 6.00. The largest absolute Gasteiger partial charge is 0.253 e. The zero-order valence-corrected chi connectivity index (χ0v) is 9.64. The molecule has 2 aromatic rings. The Bertz CT molecular complexity index is 498. The molecule has 0 aliphatic rings. The summed E-state index contributed by atoms with van der Waals surface area (Å²) < 4.78 is 0. The molecule has 0 saturated heterocycles. The second-order valence-corrected chi connectivity index (χ2v) is 3.85. The van der Waals surface area contributed by atoms with Crippen LogP contribution in [0.3, 0.4) is 0 Å². The van der Waals surface area contributed by atoms with E-state index in [-0.39, 0.29) is 0 Å². The molecule has 1 heteroatoms. The van der Waals surface area contributed by atoms with Gasteiger partial charge in [0.1, 0.15) is 0 Å². The zero-order valence-electron chi connectivity index (χ0n) is 9.64. The summed E-state index contributed by atoms with van der Waals surface area (Å²) >= 11 is 0. The van der Waals surface area contributed by atoms with E-state index in [9.17, 15) is 0 Å². The molecule has 0 saturated carbocycles. The normalized spacial score (nSPS) is 11.5. The predicted molar refractivity (Wildman–Crippen MR) is 69.5 cm³/mol. The number of rotatable bonds is 2. The van der Waals surface area contributed by atoms with Crippen molar-refractivity contribution in [3.63, 3.8) is 0 Å². The first-order chi connectivity index (χ1) is 7.77. The highest BCUT2D eigenvalue weighted by Crippen LogP contribution is 2.18. The van der Waals surface area contributed by atoms with Crippen molar-refractivity contribution in [1.29, 1.82) is 0 Å². The second-order valence-electron chi connectivity index (χ2n) is 3.85. The maximum atomic E-state index is 4.65. The van der Waals surface area contributed by atoms with Gasteiger partial charge in [0, 0.05) is 5.71 Å². The first-order valence-electron chi connectivity index (χ1n) is 5.44. The zero-order chi connectivity index (χ0) is 11.4. The van der Waals surface area contributed by atoms with Crippen LogP contribution in [0.15, 0.2) is 59.6 Å². The van der Waals surface area contributed by atoms with E-state index >= 15 is 0 Å². The number of hydrogen-bond donors (Lipinski definition) is 0. The first kappa shape index (κ1) is 10.6. The summed E-state index contributed by atoms with van der Waals surface area (Å²) in [5.41, 5.74) is 4.47. The summed E-state index contributed by atoms with van der Waals surface area (Å²) in [4.78, 5) is 4.65. The van der Waals surface area contributed by atoms with Crippen LogP contribution in [0.4, 0.5) is 5.69 Å². The van der Waals surface area contributed by atoms with Crippen LogP contribution in [0.5, 0.6) is 0 Å². The number of benzene rings is 2. The molecule has 0 aliphatic carbocycles. The van der Waals surface area contributed by atoms with Crippen molar-refractivity contribution in [1.82, 2.24) is 0 Å². The van der Waals surface area contributed by atoms with Gasteiger partial charge < -0.3 is 0 Å². The molecule has 80 valence electrons. The Morgan fingerprint density at radius 2 is 1.50 bits per heavy atom. The van der Waals surface area contributed by atoms with Gasteiger partial charge >= 0.3 is 0 Å². The van der Waals surface area contributed by atoms with Crippen molar-refractivity contribution in [2.24, 2.45) is 4.99 Å². The van der Waals surface area contributed by atoms with Crippen molar-refractivity contribution in [3.05, 3.63) is 65.7 Å². The van der Waals surface area contributed by atoms with E-state index in [4.69, 9.17) is 0 Å². The average Bonchev–Trinajstić information content (AvgIpc) is 2.33. The lowest BCUT2D eigenvalue weighted by Crippen LogP contribution is -1.93. The summed E-state index contributed by atoms with van der Waals surface area (Å²) in [5, 5.41) is 0. The highest BCUT2D eigenvalue weighted by Gasteiger charge is 1.98. The average molecular weight is 209 g/mol. The molecule has 0 atom stereocenters. The van der Waals surface area contributed by atoms with Gasteiger partial charge in [0.15, 0.2) is 0 Å². The number of para-hydroxylation sites is 1. The number of aliphatic imine (C=N–C) groups is 1. The van der Waals surface area contributed by atoms with Crippen molar-refractivity contribution in [2.45, 2.75) is 13.8 Å². The third kappa shape index (κ3) is 2.37. The van der Waals surface area contributed by atoms with E-state index in [0.717, 1.165) is 11.4 Å². The van der Waals surface area contributed by atoms with Gasteiger partial charge in [0.25, 0.3) is 0 Å². The van der Waals surface area contributed by atoms with Crippen molar-refractivity contribution < 1.29 is 0 Å². The van der Waals surface area contributed by atoms with Gasteiger partial charge in [0.05, 0.1) is 5.69 Å². The fourth-order valence-corrected chi connectivity index (χ4v) is 1.61. The Morgan fingerprint density at radius 3 is 2.19 bits per heavy atom. The molecule has 0 unspecified atom stereocenters. The quantitative estimate of drug-likeness (QED) is 0.659. The van der Waals surface area contributed by atoms with Gasteiger partial charge in [-0.2, -0.15) is 0 Å². The van der Waals surface area contributed by atoms with Crippen LogP contribution in [-0.4, -0.2) is 5.71 Å². The Balaban J connectivity index is 2.36. The van der Waals surface area contributed by atoms with Crippen molar-refractivity contribution in [3.8, 4) is 0 Å². The number of hydrogen-bond acceptors (Lipinski definition) is 1. The third-order valence-electron chi connectivity index (χ3n) is 2.60. The molecule has 0 aromatic heterocycles. The molecule has 0 N–H and O–H groups in total. The molecule has 16 heavy (non-hydrogen) atoms. The van der Waals surface area contributed by atoms with Gasteiger partial charge in [0.2, 0.25) is 0 Å². The third-order valence-corrected chi connectivity index (χ3v) is 2.60. The molecule has 0 aliphatic heterocycles. The van der Waals surface area contributed by atoms with Gasteiger partial charge in [-0.1, -0.05) is 48.5 Å². The van der Waals surface area contributed by atoms with Crippen LogP contribution in [0.2, 0.25) is 0 Å². The van der Waals surface area contributed by atoms with Gasteiger partial charge in [-0.15, -0.1) is 0 Å². The smallest absolute Gasteiger partial charge is 0.0662 e. The number of aryl methyl sites for hydroxylation is 1. The SMILES string of the molecule is CC(=Nc1ccccc1C)c1ccccc1. The van der Waals surface area contributed by atoms with Crippen LogP contribution in [0.25, 0.3) is 0 Å². The summed E-state index contributed by atoms with van der Waals surface area (Å²) in [6.45, 7) is 4.12. The molecule has 0 amide bonds. The monoisotopic (exact) mass is 209 g/mol. The number of nitrogens with zero attached hydrogens (tertiary/aromatic N) is 1.